The van der Waals surface area contributed by atoms with Gasteiger partial charge in [-0.25, -0.2) is 0 Å². The smallest absolute Gasteiger partial charge is 0.156 e. The van der Waals surface area contributed by atoms with Crippen LogP contribution < -0.4 is 0 Å². The van der Waals surface area contributed by atoms with E-state index in [0.717, 1.165) is 23.2 Å². The molecular formula is C19H15NO. The molecule has 21 heavy (non-hydrogen) atoms. The standard InChI is InChI=1S/C19H15NO/c21-15-10-11-19(13-20-18-9-5-4-8-16(18)19)17(12-15)14-6-2-1-3-7-14/h1-9,12-13H,10-11H2/t19-/m0/s1. The van der Waals surface area contributed by atoms with Crippen LogP contribution in [0.1, 0.15) is 24.0 Å². The first kappa shape index (κ1) is 12.3. The Morgan fingerprint density at radius 1 is 0.952 bits per heavy atom. The molecule has 1 atom stereocenters. The average Bonchev–Trinajstić information content (AvgIpc) is 2.91. The number of para-hydroxylation sites is 1. The molecule has 0 amide bonds. The minimum Gasteiger partial charge on any atom is -0.295 e. The van der Waals surface area contributed by atoms with Crippen molar-refractivity contribution in [3.05, 3.63) is 71.8 Å². The van der Waals surface area contributed by atoms with E-state index in [1.54, 1.807) is 0 Å². The van der Waals surface area contributed by atoms with Gasteiger partial charge in [-0.2, -0.15) is 0 Å². The predicted octanol–water partition coefficient (Wildman–Crippen LogP) is 4.09. The summed E-state index contributed by atoms with van der Waals surface area (Å²) in [4.78, 5) is 16.6. The number of allylic oxidation sites excluding steroid dienone is 2. The Bertz CT molecular complexity index is 773. The highest BCUT2D eigenvalue weighted by molar-refractivity contribution is 6.09. The second kappa shape index (κ2) is 4.52. The number of hydrogen-bond acceptors (Lipinski definition) is 2. The molecular weight excluding hydrogens is 258 g/mol. The number of aliphatic imine (C=N–C) groups is 1. The third-order valence-corrected chi connectivity index (χ3v) is 4.45. The summed E-state index contributed by atoms with van der Waals surface area (Å²) in [6.45, 7) is 0. The van der Waals surface area contributed by atoms with E-state index < -0.39 is 0 Å². The summed E-state index contributed by atoms with van der Waals surface area (Å²) in [7, 11) is 0. The number of fused-ring (bicyclic) bond motifs is 2. The number of nitrogens with zero attached hydrogens (tertiary/aromatic N) is 1. The number of ketones is 1. The van der Waals surface area contributed by atoms with Gasteiger partial charge in [-0.1, -0.05) is 48.5 Å². The van der Waals surface area contributed by atoms with Crippen molar-refractivity contribution in [2.45, 2.75) is 18.3 Å². The maximum atomic E-state index is 12.0. The molecule has 0 fully saturated rings. The Labute approximate surface area is 123 Å². The zero-order valence-corrected chi connectivity index (χ0v) is 11.6. The maximum absolute atomic E-state index is 12.0. The summed E-state index contributed by atoms with van der Waals surface area (Å²) in [6.07, 6.45) is 5.22. The van der Waals surface area contributed by atoms with Gasteiger partial charge < -0.3 is 0 Å². The van der Waals surface area contributed by atoms with E-state index in [9.17, 15) is 4.79 Å². The van der Waals surface area contributed by atoms with Crippen molar-refractivity contribution in [1.82, 2.24) is 0 Å². The zero-order valence-electron chi connectivity index (χ0n) is 11.6. The summed E-state index contributed by atoms with van der Waals surface area (Å²) in [5, 5.41) is 0. The first-order chi connectivity index (χ1) is 10.3. The average molecular weight is 273 g/mol. The Morgan fingerprint density at radius 2 is 1.71 bits per heavy atom. The molecule has 0 aromatic heterocycles. The molecule has 1 aliphatic heterocycles. The molecule has 102 valence electrons. The van der Waals surface area contributed by atoms with E-state index in [4.69, 9.17) is 0 Å². The van der Waals surface area contributed by atoms with Gasteiger partial charge in [0.05, 0.1) is 11.1 Å². The maximum Gasteiger partial charge on any atom is 0.156 e. The van der Waals surface area contributed by atoms with Gasteiger partial charge in [-0.3, -0.25) is 9.79 Å². The number of hydrogen-bond donors (Lipinski definition) is 0. The van der Waals surface area contributed by atoms with E-state index in [-0.39, 0.29) is 11.2 Å². The molecule has 2 nitrogen and oxygen atoms in total. The number of rotatable bonds is 1. The van der Waals surface area contributed by atoms with Gasteiger partial charge in [-0.15, -0.1) is 0 Å². The second-order valence-electron chi connectivity index (χ2n) is 5.64. The second-order valence-corrected chi connectivity index (χ2v) is 5.64. The highest BCUT2D eigenvalue weighted by Gasteiger charge is 2.42. The molecule has 0 radical (unpaired) electrons. The summed E-state index contributed by atoms with van der Waals surface area (Å²) in [5.41, 5.74) is 4.18. The van der Waals surface area contributed by atoms with Crippen LogP contribution in [0.2, 0.25) is 0 Å². The summed E-state index contributed by atoms with van der Waals surface area (Å²) in [5.74, 6) is 0.206. The molecule has 2 aromatic carbocycles. The van der Waals surface area contributed by atoms with Crippen LogP contribution in [0.5, 0.6) is 0 Å². The van der Waals surface area contributed by atoms with Crippen molar-refractivity contribution in [3.63, 3.8) is 0 Å². The molecule has 0 saturated heterocycles. The van der Waals surface area contributed by atoms with Gasteiger partial charge >= 0.3 is 0 Å². The molecule has 1 spiro atoms. The molecule has 2 heteroatoms. The van der Waals surface area contributed by atoms with Gasteiger partial charge in [0.2, 0.25) is 0 Å². The predicted molar refractivity (Wildman–Crippen MR) is 84.9 cm³/mol. The van der Waals surface area contributed by atoms with E-state index >= 15 is 0 Å². The van der Waals surface area contributed by atoms with Crippen molar-refractivity contribution < 1.29 is 4.79 Å². The normalized spacial score (nSPS) is 23.2. The molecule has 0 saturated carbocycles. The van der Waals surface area contributed by atoms with E-state index in [1.165, 1.54) is 5.56 Å². The molecule has 4 rings (SSSR count). The molecule has 0 unspecified atom stereocenters. The van der Waals surface area contributed by atoms with Crippen LogP contribution in [0.15, 0.2) is 65.7 Å². The molecule has 0 bridgehead atoms. The van der Waals surface area contributed by atoms with Crippen LogP contribution in [0.25, 0.3) is 5.57 Å². The van der Waals surface area contributed by atoms with E-state index in [1.807, 2.05) is 48.7 Å². The highest BCUT2D eigenvalue weighted by Crippen LogP contribution is 2.49. The fourth-order valence-electron chi connectivity index (χ4n) is 3.40. The molecule has 0 N–H and O–H groups in total. The number of benzene rings is 2. The Morgan fingerprint density at radius 3 is 2.57 bits per heavy atom. The topological polar surface area (TPSA) is 29.4 Å². The minimum absolute atomic E-state index is 0.206. The lowest BCUT2D eigenvalue weighted by atomic mass is 9.67. The van der Waals surface area contributed by atoms with Crippen LogP contribution in [0.4, 0.5) is 5.69 Å². The highest BCUT2D eigenvalue weighted by atomic mass is 16.1. The summed E-state index contributed by atoms with van der Waals surface area (Å²) >= 11 is 0. The lowest BCUT2D eigenvalue weighted by molar-refractivity contribution is -0.115. The number of carbonyl (C=O) groups is 1. The molecule has 2 aliphatic rings. The summed E-state index contributed by atoms with van der Waals surface area (Å²) < 4.78 is 0. The fourth-order valence-corrected chi connectivity index (χ4v) is 3.40. The third-order valence-electron chi connectivity index (χ3n) is 4.45. The largest absolute Gasteiger partial charge is 0.295 e. The van der Waals surface area contributed by atoms with Crippen molar-refractivity contribution in [2.24, 2.45) is 4.99 Å². The minimum atomic E-state index is -0.244. The lowest BCUT2D eigenvalue weighted by Crippen LogP contribution is -2.31. The van der Waals surface area contributed by atoms with Crippen LogP contribution >= 0.6 is 0 Å². The summed E-state index contributed by atoms with van der Waals surface area (Å²) in [6, 6.07) is 18.4. The SMILES string of the molecule is O=C1C=C(c2ccccc2)[C@]2(C=Nc3ccccc32)CC1. The monoisotopic (exact) mass is 273 g/mol. The fraction of sp³-hybridized carbons (Fsp3) is 0.158. The van der Waals surface area contributed by atoms with Crippen LogP contribution in [0, 0.1) is 0 Å². The van der Waals surface area contributed by atoms with Gasteiger partial charge in [-0.05, 0) is 35.3 Å². The van der Waals surface area contributed by atoms with Crippen molar-refractivity contribution in [2.75, 3.05) is 0 Å². The first-order valence-electron chi connectivity index (χ1n) is 7.25. The van der Waals surface area contributed by atoms with Gasteiger partial charge in [0.25, 0.3) is 0 Å². The van der Waals surface area contributed by atoms with Crippen molar-refractivity contribution in [3.8, 4) is 0 Å². The van der Waals surface area contributed by atoms with Gasteiger partial charge in [0.1, 0.15) is 0 Å². The van der Waals surface area contributed by atoms with Crippen molar-refractivity contribution in [1.29, 1.82) is 0 Å². The van der Waals surface area contributed by atoms with Crippen molar-refractivity contribution >= 4 is 23.3 Å². The van der Waals surface area contributed by atoms with Gasteiger partial charge in [0.15, 0.2) is 5.78 Å². The lowest BCUT2D eigenvalue weighted by Gasteiger charge is -2.33. The molecule has 2 aromatic rings. The Hall–Kier alpha value is -2.48. The first-order valence-corrected chi connectivity index (χ1v) is 7.25. The molecule has 1 heterocycles. The van der Waals surface area contributed by atoms with Crippen LogP contribution in [0.3, 0.4) is 0 Å². The Balaban J connectivity index is 1.95. The van der Waals surface area contributed by atoms with E-state index in [0.29, 0.717) is 6.42 Å². The third kappa shape index (κ3) is 1.79. The molecule has 1 aliphatic carbocycles. The number of carbonyl (C=O) groups excluding carboxylic acids is 1. The van der Waals surface area contributed by atoms with Gasteiger partial charge in [0, 0.05) is 12.6 Å². The van der Waals surface area contributed by atoms with Crippen LogP contribution in [-0.2, 0) is 10.2 Å². The quantitative estimate of drug-likeness (QED) is 0.769. The van der Waals surface area contributed by atoms with Crippen LogP contribution in [-0.4, -0.2) is 12.0 Å². The zero-order chi connectivity index (χ0) is 14.3. The Kier molecular flexibility index (Phi) is 2.64. The van der Waals surface area contributed by atoms with E-state index in [2.05, 4.69) is 23.2 Å².